The van der Waals surface area contributed by atoms with Crippen LogP contribution in [0.1, 0.15) is 16.1 Å². The van der Waals surface area contributed by atoms with E-state index >= 15 is 0 Å². The molecule has 16 heavy (non-hydrogen) atoms. The number of hydrogen-bond acceptors (Lipinski definition) is 5. The zero-order valence-electron chi connectivity index (χ0n) is 7.58. The Morgan fingerprint density at radius 1 is 1.56 bits per heavy atom. The molecule has 0 fully saturated rings. The Bertz CT molecular complexity index is 465. The molecular formula is C8H4F3N3O2. The Labute approximate surface area is 87.3 Å². The van der Waals surface area contributed by atoms with Crippen LogP contribution in [0.5, 0.6) is 5.88 Å². The summed E-state index contributed by atoms with van der Waals surface area (Å²) in [5.41, 5.74) is 3.95. The average molecular weight is 231 g/mol. The van der Waals surface area contributed by atoms with E-state index in [2.05, 4.69) is 9.72 Å². The highest BCUT2D eigenvalue weighted by atomic mass is 19.4. The van der Waals surface area contributed by atoms with Crippen LogP contribution in [0.15, 0.2) is 6.07 Å². The summed E-state index contributed by atoms with van der Waals surface area (Å²) >= 11 is 0. The van der Waals surface area contributed by atoms with Gasteiger partial charge < -0.3 is 10.5 Å². The van der Waals surface area contributed by atoms with E-state index in [-0.39, 0.29) is 17.5 Å². The van der Waals surface area contributed by atoms with Crippen molar-refractivity contribution in [2.45, 2.75) is 6.36 Å². The van der Waals surface area contributed by atoms with Crippen molar-refractivity contribution in [3.63, 3.8) is 0 Å². The second kappa shape index (κ2) is 4.06. The number of rotatable bonds is 2. The molecule has 1 aromatic heterocycles. The first kappa shape index (κ1) is 11.8. The first-order valence-corrected chi connectivity index (χ1v) is 3.79. The molecule has 0 amide bonds. The molecule has 0 spiro atoms. The van der Waals surface area contributed by atoms with Crippen molar-refractivity contribution in [3.8, 4) is 11.9 Å². The number of halogens is 3. The van der Waals surface area contributed by atoms with Crippen LogP contribution in [0.25, 0.3) is 0 Å². The number of nitrogens with zero attached hydrogens (tertiary/aromatic N) is 2. The Kier molecular flexibility index (Phi) is 2.99. The van der Waals surface area contributed by atoms with Gasteiger partial charge in [-0.05, 0) is 6.07 Å². The zero-order chi connectivity index (χ0) is 12.3. The summed E-state index contributed by atoms with van der Waals surface area (Å²) in [4.78, 5) is 13.6. The highest BCUT2D eigenvalue weighted by Gasteiger charge is 2.33. The summed E-state index contributed by atoms with van der Waals surface area (Å²) in [6.45, 7) is 0. The number of carbonyl (C=O) groups excluding carboxylic acids is 1. The van der Waals surface area contributed by atoms with Gasteiger partial charge >= 0.3 is 6.36 Å². The number of nitrogens with two attached hydrogens (primary N) is 1. The molecule has 0 radical (unpaired) electrons. The maximum Gasteiger partial charge on any atom is 0.574 e. The molecule has 0 aliphatic rings. The first-order chi connectivity index (χ1) is 7.37. The summed E-state index contributed by atoms with van der Waals surface area (Å²) in [6.07, 6.45) is -4.81. The fourth-order valence-electron chi connectivity index (χ4n) is 0.891. The Balaban J connectivity index is 3.28. The molecule has 1 rings (SSSR count). The van der Waals surface area contributed by atoms with E-state index in [9.17, 15) is 18.0 Å². The van der Waals surface area contributed by atoms with E-state index in [1.807, 2.05) is 0 Å². The molecule has 0 aliphatic carbocycles. The Morgan fingerprint density at radius 3 is 2.62 bits per heavy atom. The third-order valence-corrected chi connectivity index (χ3v) is 1.50. The van der Waals surface area contributed by atoms with Crippen molar-refractivity contribution in [1.29, 1.82) is 5.26 Å². The highest BCUT2D eigenvalue weighted by molar-refractivity contribution is 5.76. The number of aldehydes is 1. The minimum atomic E-state index is -4.99. The summed E-state index contributed by atoms with van der Waals surface area (Å²) in [5.74, 6) is -1.01. The molecule has 84 valence electrons. The van der Waals surface area contributed by atoms with Gasteiger partial charge in [0.1, 0.15) is 17.5 Å². The van der Waals surface area contributed by atoms with E-state index in [4.69, 9.17) is 11.0 Å². The molecule has 0 bridgehead atoms. The molecule has 1 heterocycles. The van der Waals surface area contributed by atoms with Crippen LogP contribution in [-0.4, -0.2) is 17.6 Å². The molecule has 8 heteroatoms. The van der Waals surface area contributed by atoms with Crippen molar-refractivity contribution in [1.82, 2.24) is 4.98 Å². The van der Waals surface area contributed by atoms with Crippen LogP contribution >= 0.6 is 0 Å². The second-order valence-corrected chi connectivity index (χ2v) is 2.59. The van der Waals surface area contributed by atoms with E-state index in [1.165, 1.54) is 6.07 Å². The van der Waals surface area contributed by atoms with E-state index in [1.54, 1.807) is 0 Å². The Hall–Kier alpha value is -2.30. The number of anilines is 1. The van der Waals surface area contributed by atoms with Crippen molar-refractivity contribution in [2.75, 3.05) is 5.73 Å². The zero-order valence-corrected chi connectivity index (χ0v) is 7.58. The molecule has 0 saturated heterocycles. The monoisotopic (exact) mass is 231 g/mol. The SMILES string of the molecule is N#Cc1cc(C=O)nc(OC(F)(F)F)c1N. The number of carbonyl (C=O) groups is 1. The third kappa shape index (κ3) is 2.60. The number of aromatic nitrogens is 1. The van der Waals surface area contributed by atoms with Crippen molar-refractivity contribution < 1.29 is 22.7 Å². The molecule has 0 saturated carbocycles. The van der Waals surface area contributed by atoms with Gasteiger partial charge in [0.15, 0.2) is 6.29 Å². The molecule has 1 aromatic rings. The molecule has 2 N–H and O–H groups in total. The van der Waals surface area contributed by atoms with Crippen LogP contribution in [0, 0.1) is 11.3 Å². The molecular weight excluding hydrogens is 227 g/mol. The van der Waals surface area contributed by atoms with Crippen LogP contribution in [0.2, 0.25) is 0 Å². The summed E-state index contributed by atoms with van der Waals surface area (Å²) in [6, 6.07) is 2.49. The maximum atomic E-state index is 11.9. The minimum Gasteiger partial charge on any atom is -0.393 e. The van der Waals surface area contributed by atoms with Crippen molar-refractivity contribution in [2.24, 2.45) is 0 Å². The maximum absolute atomic E-state index is 11.9. The first-order valence-electron chi connectivity index (χ1n) is 3.79. The quantitative estimate of drug-likeness (QED) is 0.773. The number of pyridine rings is 1. The predicted molar refractivity (Wildman–Crippen MR) is 45.4 cm³/mol. The lowest BCUT2D eigenvalue weighted by atomic mass is 10.2. The smallest absolute Gasteiger partial charge is 0.393 e. The largest absolute Gasteiger partial charge is 0.574 e. The van der Waals surface area contributed by atoms with Gasteiger partial charge in [-0.2, -0.15) is 5.26 Å². The summed E-state index contributed by atoms with van der Waals surface area (Å²) < 4.78 is 39.2. The molecule has 0 aromatic carbocycles. The van der Waals surface area contributed by atoms with Gasteiger partial charge in [-0.15, -0.1) is 13.2 Å². The number of nitrogen functional groups attached to an aromatic ring is 1. The van der Waals surface area contributed by atoms with Gasteiger partial charge in [-0.3, -0.25) is 4.79 Å². The van der Waals surface area contributed by atoms with Crippen LogP contribution in [0.3, 0.4) is 0 Å². The lowest BCUT2D eigenvalue weighted by molar-refractivity contribution is -0.275. The van der Waals surface area contributed by atoms with Gasteiger partial charge in [0.2, 0.25) is 5.88 Å². The van der Waals surface area contributed by atoms with Gasteiger partial charge in [-0.25, -0.2) is 4.98 Å². The molecule has 5 nitrogen and oxygen atoms in total. The molecule has 0 aliphatic heterocycles. The standard InChI is InChI=1S/C8H4F3N3O2/c9-8(10,11)16-7-6(13)4(2-12)1-5(3-15)14-7/h1,3H,13H2. The third-order valence-electron chi connectivity index (χ3n) is 1.50. The average Bonchev–Trinajstić information content (AvgIpc) is 2.19. The second-order valence-electron chi connectivity index (χ2n) is 2.59. The van der Waals surface area contributed by atoms with Crippen LogP contribution in [0.4, 0.5) is 18.9 Å². The predicted octanol–water partition coefficient (Wildman–Crippen LogP) is 1.25. The van der Waals surface area contributed by atoms with E-state index in [0.717, 1.165) is 6.07 Å². The van der Waals surface area contributed by atoms with Crippen LogP contribution < -0.4 is 10.5 Å². The van der Waals surface area contributed by atoms with Gasteiger partial charge in [0.25, 0.3) is 0 Å². The summed E-state index contributed by atoms with van der Waals surface area (Å²) in [5, 5.41) is 8.55. The van der Waals surface area contributed by atoms with E-state index in [0.29, 0.717) is 0 Å². The van der Waals surface area contributed by atoms with Gasteiger partial charge in [0, 0.05) is 0 Å². The Morgan fingerprint density at radius 2 is 2.19 bits per heavy atom. The van der Waals surface area contributed by atoms with Crippen molar-refractivity contribution >= 4 is 12.0 Å². The number of nitriles is 1. The van der Waals surface area contributed by atoms with Crippen molar-refractivity contribution in [3.05, 3.63) is 17.3 Å². The molecule has 0 atom stereocenters. The number of ether oxygens (including phenoxy) is 1. The fraction of sp³-hybridized carbons (Fsp3) is 0.125. The van der Waals surface area contributed by atoms with E-state index < -0.39 is 17.9 Å². The van der Waals surface area contributed by atoms with Gasteiger partial charge in [0.05, 0.1) is 5.56 Å². The minimum absolute atomic E-state index is 0.184. The normalized spacial score (nSPS) is 10.6. The molecule has 0 unspecified atom stereocenters. The fourth-order valence-corrected chi connectivity index (χ4v) is 0.891. The highest BCUT2D eigenvalue weighted by Crippen LogP contribution is 2.28. The van der Waals surface area contributed by atoms with Crippen LogP contribution in [-0.2, 0) is 0 Å². The topological polar surface area (TPSA) is 89.0 Å². The number of alkyl halides is 3. The number of hydrogen-bond donors (Lipinski definition) is 1. The lowest BCUT2D eigenvalue weighted by Crippen LogP contribution is -2.19. The van der Waals surface area contributed by atoms with Gasteiger partial charge in [-0.1, -0.05) is 0 Å². The summed E-state index contributed by atoms with van der Waals surface area (Å²) in [7, 11) is 0. The lowest BCUT2D eigenvalue weighted by Gasteiger charge is -2.10.